The molecule has 0 atom stereocenters. The van der Waals surface area contributed by atoms with Crippen LogP contribution in [0.5, 0.6) is 5.75 Å². The Morgan fingerprint density at radius 1 is 1.48 bits per heavy atom. The molecule has 0 unspecified atom stereocenters. The van der Waals surface area contributed by atoms with Crippen molar-refractivity contribution in [2.75, 3.05) is 5.88 Å². The summed E-state index contributed by atoms with van der Waals surface area (Å²) in [5.41, 5.74) is 1.13. The highest BCUT2D eigenvalue weighted by Crippen LogP contribution is 2.35. The number of para-hydroxylation sites is 1. The lowest BCUT2D eigenvalue weighted by Crippen LogP contribution is -2.18. The molecule has 114 valence electrons. The Hall–Kier alpha value is -0.820. The van der Waals surface area contributed by atoms with E-state index in [-0.39, 0.29) is 17.3 Å². The monoisotopic (exact) mass is 425 g/mol. The highest BCUT2D eigenvalue weighted by molar-refractivity contribution is 14.2. The first kappa shape index (κ1) is 16.5. The molecular weight excluding hydrogens is 411 g/mol. The van der Waals surface area contributed by atoms with Crippen LogP contribution >= 0.6 is 32.3 Å². The maximum Gasteiger partial charge on any atom is 0.445 e. The molecule has 1 aliphatic rings. The van der Waals surface area contributed by atoms with E-state index in [0.717, 1.165) is 12.8 Å². The van der Waals surface area contributed by atoms with Crippen LogP contribution < -0.4 is 4.74 Å². The maximum atomic E-state index is 13.4. The average Bonchev–Trinajstić information content (AvgIpc) is 3.28. The Morgan fingerprint density at radius 3 is 2.71 bits per heavy atom. The molecule has 1 aromatic carbocycles. The number of alkyl halides is 4. The number of hydrogen-bond donors (Lipinski definition) is 1. The van der Waals surface area contributed by atoms with Crippen LogP contribution in [0.3, 0.4) is 0 Å². The summed E-state index contributed by atoms with van der Waals surface area (Å²) < 4.78 is 31.7. The molecule has 1 saturated carbocycles. The van der Waals surface area contributed by atoms with Gasteiger partial charge in [0.1, 0.15) is 5.75 Å². The summed E-state index contributed by atoms with van der Waals surface area (Å²) in [7, 11) is 0. The topological polar surface area (TPSA) is 33.1 Å². The number of nitrogens with one attached hydrogen (secondary N) is 1. The number of halogens is 4. The minimum atomic E-state index is -3.24. The normalized spacial score (nSPS) is 15.9. The quantitative estimate of drug-likeness (QED) is 0.374. The van der Waals surface area contributed by atoms with Gasteiger partial charge in [0.15, 0.2) is 0 Å². The van der Waals surface area contributed by atoms with Crippen molar-refractivity contribution in [2.45, 2.75) is 17.0 Å². The smallest absolute Gasteiger partial charge is 0.424 e. The van der Waals surface area contributed by atoms with Gasteiger partial charge in [-0.25, -0.2) is 0 Å². The van der Waals surface area contributed by atoms with Crippen molar-refractivity contribution >= 4 is 42.6 Å². The number of benzene rings is 1. The Labute approximate surface area is 137 Å². The molecule has 2 nitrogen and oxygen atoms in total. The second kappa shape index (κ2) is 6.96. The van der Waals surface area contributed by atoms with Crippen molar-refractivity contribution in [1.29, 1.82) is 5.41 Å². The summed E-state index contributed by atoms with van der Waals surface area (Å²) >= 11 is 4.26. The van der Waals surface area contributed by atoms with Crippen LogP contribution in [0, 0.1) is 11.3 Å². The zero-order valence-corrected chi connectivity index (χ0v) is 14.1. The third kappa shape index (κ3) is 4.57. The van der Waals surface area contributed by atoms with E-state index in [1.165, 1.54) is 6.07 Å². The summed E-state index contributed by atoms with van der Waals surface area (Å²) in [6.07, 6.45) is 4.14. The molecule has 0 heterocycles. The lowest BCUT2D eigenvalue weighted by molar-refractivity contribution is -0.0694. The second-order valence-corrected chi connectivity index (χ2v) is 7.00. The number of ether oxygens (including phenoxy) is 1. The van der Waals surface area contributed by atoms with Crippen molar-refractivity contribution < 1.29 is 13.5 Å². The molecule has 1 aromatic rings. The van der Waals surface area contributed by atoms with Gasteiger partial charge in [-0.3, -0.25) is 5.41 Å². The molecule has 0 bridgehead atoms. The van der Waals surface area contributed by atoms with Crippen LogP contribution in [0.1, 0.15) is 18.4 Å². The van der Waals surface area contributed by atoms with Crippen molar-refractivity contribution in [3.63, 3.8) is 0 Å². The van der Waals surface area contributed by atoms with E-state index in [2.05, 4.69) is 4.51 Å². The molecule has 0 saturated heterocycles. The highest BCUT2D eigenvalue weighted by atomic mass is 127. The molecular formula is C15H15ClF2INO. The fourth-order valence-electron chi connectivity index (χ4n) is 1.83. The van der Waals surface area contributed by atoms with E-state index in [1.807, 2.05) is 6.08 Å². The first-order valence-electron chi connectivity index (χ1n) is 6.38. The lowest BCUT2D eigenvalue weighted by atomic mass is 10.0. The van der Waals surface area contributed by atoms with E-state index in [4.69, 9.17) is 21.7 Å². The molecule has 2 rings (SSSR count). The zero-order chi connectivity index (χ0) is 15.5. The first-order valence-corrected chi connectivity index (χ1v) is 9.52. The molecule has 0 aromatic heterocycles. The van der Waals surface area contributed by atoms with Gasteiger partial charge < -0.3 is 4.74 Å². The van der Waals surface area contributed by atoms with Gasteiger partial charge in [0.05, 0.1) is 5.71 Å². The van der Waals surface area contributed by atoms with E-state index < -0.39 is 24.8 Å². The van der Waals surface area contributed by atoms with Gasteiger partial charge in [-0.15, -0.1) is 11.6 Å². The second-order valence-electron chi connectivity index (χ2n) is 4.72. The Morgan fingerprint density at radius 2 is 2.14 bits per heavy atom. The molecule has 1 N–H and O–H groups in total. The van der Waals surface area contributed by atoms with Gasteiger partial charge in [0.25, 0.3) is 0 Å². The van der Waals surface area contributed by atoms with Crippen LogP contribution in [-0.2, 0) is 0 Å². The predicted octanol–water partition coefficient (Wildman–Crippen LogP) is 4.96. The maximum absolute atomic E-state index is 13.4. The fourth-order valence-corrected chi connectivity index (χ4v) is 2.44. The number of allylic oxidation sites excluding steroid dienone is 2. The summed E-state index contributed by atoms with van der Waals surface area (Å²) in [6, 6.07) is 6.34. The molecule has 21 heavy (non-hydrogen) atoms. The Kier molecular flexibility index (Phi) is 5.48. The zero-order valence-electron chi connectivity index (χ0n) is 11.2. The van der Waals surface area contributed by atoms with Crippen LogP contribution in [0.25, 0.3) is 0 Å². The third-order valence-electron chi connectivity index (χ3n) is 3.06. The Bertz CT molecular complexity index is 585. The van der Waals surface area contributed by atoms with Crippen molar-refractivity contribution in [3.8, 4) is 5.75 Å². The van der Waals surface area contributed by atoms with Crippen LogP contribution in [0.15, 0.2) is 35.9 Å². The number of hydrogen-bond acceptors (Lipinski definition) is 2. The first-order chi connectivity index (χ1) is 9.96. The average molecular weight is 426 g/mol. The fraction of sp³-hybridized carbons (Fsp3) is 0.333. The molecule has 1 aliphatic carbocycles. The van der Waals surface area contributed by atoms with E-state index in [9.17, 15) is 8.78 Å². The standard InChI is InChI=1S/C15H15ClF2INO/c1-19-15(17,18)21-13-5-3-2-4-12(13)14(20)11(9-16)8-10-6-7-10/h2-5,8,10,20H,1,6-7,9H2. The minimum Gasteiger partial charge on any atom is -0.424 e. The van der Waals surface area contributed by atoms with Crippen LogP contribution in [-0.4, -0.2) is 20.2 Å². The van der Waals surface area contributed by atoms with E-state index >= 15 is 0 Å². The third-order valence-corrected chi connectivity index (χ3v) is 4.46. The molecule has 6 heteroatoms. The summed E-state index contributed by atoms with van der Waals surface area (Å²) in [5.74, 6) is 0.643. The Balaban J connectivity index is 2.30. The molecule has 0 spiro atoms. The van der Waals surface area contributed by atoms with E-state index in [0.29, 0.717) is 17.1 Å². The minimum absolute atomic E-state index is 0.00247. The van der Waals surface area contributed by atoms with Crippen molar-refractivity contribution in [3.05, 3.63) is 41.5 Å². The summed E-state index contributed by atoms with van der Waals surface area (Å²) in [4.78, 5) is 0. The van der Waals surface area contributed by atoms with Gasteiger partial charge in [0.2, 0.25) is 0 Å². The van der Waals surface area contributed by atoms with Gasteiger partial charge in [-0.2, -0.15) is 8.78 Å². The highest BCUT2D eigenvalue weighted by Gasteiger charge is 2.29. The van der Waals surface area contributed by atoms with Gasteiger partial charge >= 0.3 is 4.12 Å². The van der Waals surface area contributed by atoms with Crippen molar-refractivity contribution in [2.24, 2.45) is 5.92 Å². The summed E-state index contributed by atoms with van der Waals surface area (Å²) in [6.45, 7) is 0. The van der Waals surface area contributed by atoms with E-state index in [1.54, 1.807) is 18.2 Å². The lowest BCUT2D eigenvalue weighted by Gasteiger charge is -2.17. The largest absolute Gasteiger partial charge is 0.445 e. The predicted molar refractivity (Wildman–Crippen MR) is 91.5 cm³/mol. The van der Waals surface area contributed by atoms with Crippen LogP contribution in [0.2, 0.25) is 0 Å². The van der Waals surface area contributed by atoms with Gasteiger partial charge in [-0.05, 0) is 36.5 Å². The van der Waals surface area contributed by atoms with Gasteiger partial charge in [0, 0.05) is 32.2 Å². The van der Waals surface area contributed by atoms with Crippen LogP contribution in [0.4, 0.5) is 8.78 Å². The van der Waals surface area contributed by atoms with Gasteiger partial charge in [-0.1, -0.05) is 22.7 Å². The molecule has 1 fully saturated rings. The molecule has 0 radical (unpaired) electrons. The summed E-state index contributed by atoms with van der Waals surface area (Å²) in [5, 5.41) is 8.23. The number of rotatable bonds is 7. The molecule has 0 aliphatic heterocycles. The molecule has 0 amide bonds. The SMILES string of the molecule is C=IC(F)(F)Oc1ccccc1C(=N)C(=CC1CC1)CCl. The van der Waals surface area contributed by atoms with Crippen molar-refractivity contribution in [1.82, 2.24) is 0 Å².